The smallest absolute Gasteiger partial charge is 0.326 e. The molecular weight excluding hydrogens is 476 g/mol. The summed E-state index contributed by atoms with van der Waals surface area (Å²) in [7, 11) is 0. The molecule has 3 aromatic rings. The minimum atomic E-state index is -0.644. The molecule has 1 unspecified atom stereocenters. The Morgan fingerprint density at radius 3 is 2.37 bits per heavy atom. The van der Waals surface area contributed by atoms with Crippen molar-refractivity contribution in [3.8, 4) is 0 Å². The molecule has 2 N–H and O–H groups in total. The van der Waals surface area contributed by atoms with Crippen LogP contribution in [0.5, 0.6) is 0 Å². The molecule has 2 aromatic carbocycles. The number of para-hydroxylation sites is 2. The zero-order valence-corrected chi connectivity index (χ0v) is 22.2. The highest BCUT2D eigenvalue weighted by Crippen LogP contribution is 2.39. The van der Waals surface area contributed by atoms with E-state index in [-0.39, 0.29) is 23.7 Å². The van der Waals surface area contributed by atoms with Crippen molar-refractivity contribution in [2.45, 2.75) is 62.9 Å². The summed E-state index contributed by atoms with van der Waals surface area (Å²) in [5, 5.41) is 10.3. The summed E-state index contributed by atoms with van der Waals surface area (Å²) in [6, 6.07) is 18.5. The van der Waals surface area contributed by atoms with Gasteiger partial charge in [-0.1, -0.05) is 61.7 Å². The van der Waals surface area contributed by atoms with Gasteiger partial charge in [0.25, 0.3) is 0 Å². The van der Waals surface area contributed by atoms with Gasteiger partial charge in [-0.25, -0.2) is 4.79 Å². The Balaban J connectivity index is 1.16. The molecule has 0 bridgehead atoms. The van der Waals surface area contributed by atoms with Crippen LogP contribution in [0.2, 0.25) is 0 Å². The van der Waals surface area contributed by atoms with E-state index in [0.717, 1.165) is 82.3 Å². The van der Waals surface area contributed by atoms with E-state index < -0.39 is 5.97 Å². The molecule has 202 valence electrons. The van der Waals surface area contributed by atoms with Gasteiger partial charge in [-0.05, 0) is 55.2 Å². The molecule has 38 heavy (non-hydrogen) atoms. The van der Waals surface area contributed by atoms with Crippen LogP contribution in [0.4, 0.5) is 0 Å². The molecule has 0 radical (unpaired) electrons. The average molecular weight is 517 g/mol. The Labute approximate surface area is 224 Å². The predicted octanol–water partition coefficient (Wildman–Crippen LogP) is 4.72. The molecule has 0 amide bonds. The fraction of sp³-hybridized carbons (Fsp3) is 0.548. The van der Waals surface area contributed by atoms with Crippen molar-refractivity contribution >= 4 is 17.0 Å². The maximum Gasteiger partial charge on any atom is 0.326 e. The first-order valence-corrected chi connectivity index (χ1v) is 14.5. The third-order valence-corrected chi connectivity index (χ3v) is 9.48. The highest BCUT2D eigenvalue weighted by Gasteiger charge is 2.43. The van der Waals surface area contributed by atoms with Gasteiger partial charge < -0.3 is 15.0 Å². The van der Waals surface area contributed by atoms with E-state index >= 15 is 0 Å². The van der Waals surface area contributed by atoms with Gasteiger partial charge in [0.15, 0.2) is 0 Å². The monoisotopic (exact) mass is 516 g/mol. The summed E-state index contributed by atoms with van der Waals surface area (Å²) < 4.78 is 1.96. The van der Waals surface area contributed by atoms with Crippen LogP contribution in [-0.4, -0.2) is 69.2 Å². The number of hydrogen-bond donors (Lipinski definition) is 2. The quantitative estimate of drug-likeness (QED) is 0.475. The fourth-order valence-corrected chi connectivity index (χ4v) is 7.63. The van der Waals surface area contributed by atoms with E-state index in [0.29, 0.717) is 11.8 Å². The molecule has 3 heterocycles. The van der Waals surface area contributed by atoms with Gasteiger partial charge in [0.1, 0.15) is 6.04 Å². The standard InChI is InChI=1S/C31H40N4O3/c36-30(37)29(23-11-5-2-6-12-23)34-20-24(26(21-34)22-9-3-1-4-10-22)19-33-17-15-25(16-18-33)35-28-14-8-7-13-27(28)32-31(35)38/h1,3-4,7-10,13-14,23-26,29H,2,5-6,11-12,15-21H2,(H,32,38)(H,36,37)/t24-,26?,29+/m0/s1. The second kappa shape index (κ2) is 11.1. The van der Waals surface area contributed by atoms with Crippen LogP contribution >= 0.6 is 0 Å². The second-order valence-corrected chi connectivity index (χ2v) is 11.8. The summed E-state index contributed by atoms with van der Waals surface area (Å²) >= 11 is 0. The Bertz CT molecular complexity index is 1290. The Hall–Kier alpha value is -2.90. The van der Waals surface area contributed by atoms with E-state index in [2.05, 4.69) is 45.1 Å². The number of aliphatic carboxylic acids is 1. The van der Waals surface area contributed by atoms with Crippen LogP contribution in [0.15, 0.2) is 59.4 Å². The van der Waals surface area contributed by atoms with Gasteiger partial charge in [0, 0.05) is 44.7 Å². The number of benzene rings is 2. The molecule has 7 heteroatoms. The van der Waals surface area contributed by atoms with Gasteiger partial charge in [-0.15, -0.1) is 0 Å². The normalized spacial score (nSPS) is 25.2. The first kappa shape index (κ1) is 25.4. The van der Waals surface area contributed by atoms with Crippen LogP contribution in [0.3, 0.4) is 0 Å². The molecule has 3 aliphatic rings. The highest BCUT2D eigenvalue weighted by molar-refractivity contribution is 5.75. The first-order chi connectivity index (χ1) is 18.6. The van der Waals surface area contributed by atoms with Crippen molar-refractivity contribution in [1.29, 1.82) is 0 Å². The zero-order chi connectivity index (χ0) is 26.1. The number of imidazole rings is 1. The number of H-pyrrole nitrogens is 1. The molecular formula is C31H40N4O3. The lowest BCUT2D eigenvalue weighted by Crippen LogP contribution is -2.46. The Morgan fingerprint density at radius 2 is 1.63 bits per heavy atom. The minimum Gasteiger partial charge on any atom is -0.480 e. The first-order valence-electron chi connectivity index (χ1n) is 14.5. The largest absolute Gasteiger partial charge is 0.480 e. The molecule has 7 nitrogen and oxygen atoms in total. The van der Waals surface area contributed by atoms with Gasteiger partial charge >= 0.3 is 11.7 Å². The molecule has 2 aliphatic heterocycles. The van der Waals surface area contributed by atoms with Gasteiger partial charge in [0.05, 0.1) is 11.0 Å². The second-order valence-electron chi connectivity index (χ2n) is 11.8. The van der Waals surface area contributed by atoms with Crippen molar-refractivity contribution < 1.29 is 9.90 Å². The van der Waals surface area contributed by atoms with Crippen LogP contribution in [0.1, 0.15) is 62.5 Å². The number of piperidine rings is 1. The van der Waals surface area contributed by atoms with Gasteiger partial charge in [-0.2, -0.15) is 0 Å². The summed E-state index contributed by atoms with van der Waals surface area (Å²) in [4.78, 5) is 33.1. The number of aromatic nitrogens is 2. The third kappa shape index (κ3) is 5.06. The van der Waals surface area contributed by atoms with Crippen molar-refractivity contribution in [1.82, 2.24) is 19.4 Å². The maximum atomic E-state index is 12.7. The fourth-order valence-electron chi connectivity index (χ4n) is 7.63. The highest BCUT2D eigenvalue weighted by atomic mass is 16.4. The average Bonchev–Trinajstić information content (AvgIpc) is 3.50. The van der Waals surface area contributed by atoms with Crippen molar-refractivity contribution in [3.63, 3.8) is 0 Å². The predicted molar refractivity (Wildman–Crippen MR) is 150 cm³/mol. The topological polar surface area (TPSA) is 81.6 Å². The lowest BCUT2D eigenvalue weighted by Gasteiger charge is -2.35. The number of carboxylic acid groups (broad SMARTS) is 1. The number of hydrogen-bond acceptors (Lipinski definition) is 4. The van der Waals surface area contributed by atoms with E-state index in [1.165, 1.54) is 12.0 Å². The molecule has 2 saturated heterocycles. The molecule has 1 aliphatic carbocycles. The molecule has 3 fully saturated rings. The summed E-state index contributed by atoms with van der Waals surface area (Å²) in [5.41, 5.74) is 3.22. The van der Waals surface area contributed by atoms with Gasteiger partial charge in [-0.3, -0.25) is 14.3 Å². The lowest BCUT2D eigenvalue weighted by atomic mass is 9.83. The third-order valence-electron chi connectivity index (χ3n) is 9.48. The van der Waals surface area contributed by atoms with Crippen LogP contribution in [0.25, 0.3) is 11.0 Å². The minimum absolute atomic E-state index is 0.0114. The molecule has 6 rings (SSSR count). The molecule has 3 atom stereocenters. The van der Waals surface area contributed by atoms with Crippen molar-refractivity contribution in [3.05, 3.63) is 70.6 Å². The molecule has 1 aromatic heterocycles. The van der Waals surface area contributed by atoms with E-state index in [9.17, 15) is 14.7 Å². The maximum absolute atomic E-state index is 12.7. The Kier molecular flexibility index (Phi) is 7.39. The number of aromatic amines is 1. The van der Waals surface area contributed by atoms with E-state index in [1.54, 1.807) is 0 Å². The van der Waals surface area contributed by atoms with Crippen LogP contribution < -0.4 is 5.69 Å². The SMILES string of the molecule is O=C(O)[C@@H](C1CCCCC1)N1CC(c2ccccc2)[C@@H](CN2CCC(n3c(=O)[nH]c4ccccc43)CC2)C1. The summed E-state index contributed by atoms with van der Waals surface area (Å²) in [6.45, 7) is 4.56. The number of nitrogens with one attached hydrogen (secondary N) is 1. The summed E-state index contributed by atoms with van der Waals surface area (Å²) in [5.74, 6) is 0.363. The Morgan fingerprint density at radius 1 is 0.921 bits per heavy atom. The van der Waals surface area contributed by atoms with Crippen LogP contribution in [0, 0.1) is 11.8 Å². The van der Waals surface area contributed by atoms with Crippen molar-refractivity contribution in [2.24, 2.45) is 11.8 Å². The number of carbonyl (C=O) groups is 1. The number of likely N-dealkylation sites (tertiary alicyclic amines) is 2. The van der Waals surface area contributed by atoms with Gasteiger partial charge in [0.2, 0.25) is 0 Å². The number of nitrogens with zero attached hydrogens (tertiary/aromatic N) is 3. The van der Waals surface area contributed by atoms with E-state index in [4.69, 9.17) is 0 Å². The van der Waals surface area contributed by atoms with Crippen molar-refractivity contribution in [2.75, 3.05) is 32.7 Å². The lowest BCUT2D eigenvalue weighted by molar-refractivity contribution is -0.145. The number of carboxylic acids is 1. The molecule has 0 spiro atoms. The zero-order valence-electron chi connectivity index (χ0n) is 22.2. The number of fused-ring (bicyclic) bond motifs is 1. The number of rotatable bonds is 7. The van der Waals surface area contributed by atoms with Crippen LogP contribution in [-0.2, 0) is 4.79 Å². The summed E-state index contributed by atoms with van der Waals surface area (Å²) in [6.07, 6.45) is 7.52. The molecule has 1 saturated carbocycles. The van der Waals surface area contributed by atoms with E-state index in [1.807, 2.05) is 28.8 Å².